The summed E-state index contributed by atoms with van der Waals surface area (Å²) in [6.07, 6.45) is 9.62. The van der Waals surface area contributed by atoms with E-state index in [0.29, 0.717) is 12.1 Å². The van der Waals surface area contributed by atoms with Crippen LogP contribution in [-0.2, 0) is 0 Å². The first kappa shape index (κ1) is 15.4. The molecule has 1 unspecified atom stereocenters. The number of ether oxygens (including phenoxy) is 1. The van der Waals surface area contributed by atoms with Crippen LogP contribution in [0.3, 0.4) is 0 Å². The SMILES string of the molecule is CCOc1ccccc1C(C)NC1CCCCCCC1. The lowest BCUT2D eigenvalue weighted by atomic mass is 9.95. The van der Waals surface area contributed by atoms with E-state index in [4.69, 9.17) is 4.74 Å². The number of hydrogen-bond acceptors (Lipinski definition) is 2. The maximum absolute atomic E-state index is 5.75. The molecule has 1 aliphatic rings. The minimum Gasteiger partial charge on any atom is -0.494 e. The van der Waals surface area contributed by atoms with Crippen molar-refractivity contribution in [1.29, 1.82) is 0 Å². The van der Waals surface area contributed by atoms with Gasteiger partial charge in [0.2, 0.25) is 0 Å². The van der Waals surface area contributed by atoms with Crippen molar-refractivity contribution in [2.24, 2.45) is 0 Å². The fourth-order valence-electron chi connectivity index (χ4n) is 3.19. The van der Waals surface area contributed by atoms with E-state index in [1.807, 2.05) is 6.92 Å². The predicted octanol–water partition coefficient (Wildman–Crippen LogP) is 4.85. The standard InChI is InChI=1S/C18H29NO/c1-3-20-18-14-10-9-13-17(18)15(2)19-16-11-7-5-4-6-8-12-16/h9-10,13-16,19H,3-8,11-12H2,1-2H3. The second-order valence-electron chi connectivity index (χ2n) is 5.90. The van der Waals surface area contributed by atoms with Crippen LogP contribution in [0.5, 0.6) is 5.75 Å². The van der Waals surface area contributed by atoms with Crippen molar-refractivity contribution in [3.05, 3.63) is 29.8 Å². The highest BCUT2D eigenvalue weighted by Crippen LogP contribution is 2.27. The van der Waals surface area contributed by atoms with Crippen molar-refractivity contribution in [3.63, 3.8) is 0 Å². The van der Waals surface area contributed by atoms with Gasteiger partial charge in [-0.25, -0.2) is 0 Å². The average molecular weight is 275 g/mol. The first-order valence-corrected chi connectivity index (χ1v) is 8.29. The summed E-state index contributed by atoms with van der Waals surface area (Å²) < 4.78 is 5.75. The molecule has 112 valence electrons. The van der Waals surface area contributed by atoms with Gasteiger partial charge in [0.25, 0.3) is 0 Å². The van der Waals surface area contributed by atoms with Crippen molar-refractivity contribution in [2.45, 2.75) is 70.9 Å². The Morgan fingerprint density at radius 2 is 1.75 bits per heavy atom. The Labute approximate surface area is 123 Å². The lowest BCUT2D eigenvalue weighted by molar-refractivity contribution is 0.323. The van der Waals surface area contributed by atoms with Crippen molar-refractivity contribution in [2.75, 3.05) is 6.61 Å². The fourth-order valence-corrected chi connectivity index (χ4v) is 3.19. The summed E-state index contributed by atoms with van der Waals surface area (Å²) in [6.45, 7) is 5.04. The molecule has 1 aromatic rings. The van der Waals surface area contributed by atoms with Gasteiger partial charge in [0, 0.05) is 17.6 Å². The molecule has 2 nitrogen and oxygen atoms in total. The Hall–Kier alpha value is -1.02. The third-order valence-corrected chi connectivity index (χ3v) is 4.28. The molecule has 0 aliphatic heterocycles. The summed E-state index contributed by atoms with van der Waals surface area (Å²) in [7, 11) is 0. The van der Waals surface area contributed by atoms with Crippen LogP contribution in [0.25, 0.3) is 0 Å². The minimum absolute atomic E-state index is 0.363. The summed E-state index contributed by atoms with van der Waals surface area (Å²) in [5.41, 5.74) is 1.29. The molecular formula is C18H29NO. The molecule has 1 saturated carbocycles. The third kappa shape index (κ3) is 4.52. The molecule has 0 amide bonds. The molecule has 20 heavy (non-hydrogen) atoms. The quantitative estimate of drug-likeness (QED) is 0.829. The highest BCUT2D eigenvalue weighted by atomic mass is 16.5. The lowest BCUT2D eigenvalue weighted by Gasteiger charge is -2.26. The minimum atomic E-state index is 0.363. The number of para-hydroxylation sites is 1. The summed E-state index contributed by atoms with van der Waals surface area (Å²) in [6, 6.07) is 9.45. The Kier molecular flexibility index (Phi) is 6.38. The van der Waals surface area contributed by atoms with Crippen LogP contribution in [-0.4, -0.2) is 12.6 Å². The third-order valence-electron chi connectivity index (χ3n) is 4.28. The van der Waals surface area contributed by atoms with Crippen molar-refractivity contribution >= 4 is 0 Å². The van der Waals surface area contributed by atoms with Crippen LogP contribution in [0, 0.1) is 0 Å². The molecule has 1 atom stereocenters. The molecule has 1 N–H and O–H groups in total. The zero-order valence-corrected chi connectivity index (χ0v) is 13.0. The first-order chi connectivity index (χ1) is 9.81. The smallest absolute Gasteiger partial charge is 0.124 e. The van der Waals surface area contributed by atoms with Crippen LogP contribution in [0.1, 0.15) is 70.4 Å². The maximum Gasteiger partial charge on any atom is 0.124 e. The van der Waals surface area contributed by atoms with E-state index in [1.54, 1.807) is 0 Å². The van der Waals surface area contributed by atoms with Crippen LogP contribution < -0.4 is 10.1 Å². The fraction of sp³-hybridized carbons (Fsp3) is 0.667. The molecule has 0 radical (unpaired) electrons. The Bertz CT molecular complexity index is 383. The second kappa shape index (κ2) is 8.31. The molecule has 1 aromatic carbocycles. The molecule has 0 saturated heterocycles. The molecule has 2 heteroatoms. The summed E-state index contributed by atoms with van der Waals surface area (Å²) in [5.74, 6) is 1.03. The monoisotopic (exact) mass is 275 g/mol. The molecule has 1 fully saturated rings. The number of hydrogen-bond donors (Lipinski definition) is 1. The maximum atomic E-state index is 5.75. The number of rotatable bonds is 5. The molecule has 1 aliphatic carbocycles. The zero-order valence-electron chi connectivity index (χ0n) is 13.0. The molecule has 0 bridgehead atoms. The lowest BCUT2D eigenvalue weighted by Crippen LogP contribution is -2.32. The molecular weight excluding hydrogens is 246 g/mol. The van der Waals surface area contributed by atoms with E-state index in [2.05, 4.69) is 36.5 Å². The van der Waals surface area contributed by atoms with Crippen molar-refractivity contribution in [1.82, 2.24) is 5.32 Å². The van der Waals surface area contributed by atoms with Gasteiger partial charge in [0.15, 0.2) is 0 Å². The number of nitrogens with one attached hydrogen (secondary N) is 1. The van der Waals surface area contributed by atoms with E-state index in [-0.39, 0.29) is 0 Å². The summed E-state index contributed by atoms with van der Waals surface area (Å²) in [5, 5.41) is 3.82. The van der Waals surface area contributed by atoms with Crippen LogP contribution >= 0.6 is 0 Å². The molecule has 0 aromatic heterocycles. The van der Waals surface area contributed by atoms with Crippen LogP contribution in [0.2, 0.25) is 0 Å². The van der Waals surface area contributed by atoms with Gasteiger partial charge in [-0.1, -0.05) is 50.3 Å². The van der Waals surface area contributed by atoms with Gasteiger partial charge in [0.05, 0.1) is 6.61 Å². The highest BCUT2D eigenvalue weighted by molar-refractivity contribution is 5.35. The van der Waals surface area contributed by atoms with E-state index < -0.39 is 0 Å². The predicted molar refractivity (Wildman–Crippen MR) is 85.3 cm³/mol. The summed E-state index contributed by atoms with van der Waals surface area (Å²) in [4.78, 5) is 0. The van der Waals surface area contributed by atoms with E-state index in [9.17, 15) is 0 Å². The molecule has 0 heterocycles. The van der Waals surface area contributed by atoms with Gasteiger partial charge >= 0.3 is 0 Å². The van der Waals surface area contributed by atoms with Crippen molar-refractivity contribution in [3.8, 4) is 5.75 Å². The molecule has 2 rings (SSSR count). The summed E-state index contributed by atoms with van der Waals surface area (Å²) >= 11 is 0. The van der Waals surface area contributed by atoms with Gasteiger partial charge in [-0.05, 0) is 32.8 Å². The van der Waals surface area contributed by atoms with Crippen LogP contribution in [0.15, 0.2) is 24.3 Å². The van der Waals surface area contributed by atoms with E-state index >= 15 is 0 Å². The first-order valence-electron chi connectivity index (χ1n) is 8.29. The number of benzene rings is 1. The van der Waals surface area contributed by atoms with Gasteiger partial charge in [-0.3, -0.25) is 0 Å². The average Bonchev–Trinajstić information content (AvgIpc) is 2.42. The highest BCUT2D eigenvalue weighted by Gasteiger charge is 2.17. The Balaban J connectivity index is 1.97. The Morgan fingerprint density at radius 3 is 2.45 bits per heavy atom. The normalized spacial score (nSPS) is 19.1. The zero-order chi connectivity index (χ0) is 14.2. The van der Waals surface area contributed by atoms with Gasteiger partial charge in [0.1, 0.15) is 5.75 Å². The van der Waals surface area contributed by atoms with E-state index in [0.717, 1.165) is 12.4 Å². The topological polar surface area (TPSA) is 21.3 Å². The largest absolute Gasteiger partial charge is 0.494 e. The van der Waals surface area contributed by atoms with Gasteiger partial charge in [-0.2, -0.15) is 0 Å². The van der Waals surface area contributed by atoms with Crippen LogP contribution in [0.4, 0.5) is 0 Å². The van der Waals surface area contributed by atoms with Crippen molar-refractivity contribution < 1.29 is 4.74 Å². The Morgan fingerprint density at radius 1 is 1.10 bits per heavy atom. The van der Waals surface area contributed by atoms with Gasteiger partial charge < -0.3 is 10.1 Å². The molecule has 0 spiro atoms. The van der Waals surface area contributed by atoms with E-state index in [1.165, 1.54) is 50.5 Å². The van der Waals surface area contributed by atoms with Gasteiger partial charge in [-0.15, -0.1) is 0 Å². The second-order valence-corrected chi connectivity index (χ2v) is 5.90.